The molecule has 0 radical (unpaired) electrons. The molecule has 0 fully saturated rings. The number of carbonyl (C=O) groups excluding carboxylic acids is 2. The zero-order chi connectivity index (χ0) is 27.6. The molecule has 4 aromatic rings. The Morgan fingerprint density at radius 3 is 2.23 bits per heavy atom. The maximum Gasteiger partial charge on any atom is 0.277 e. The number of hydrogen-bond acceptors (Lipinski definition) is 5. The highest BCUT2D eigenvalue weighted by Gasteiger charge is 2.10. The summed E-state index contributed by atoms with van der Waals surface area (Å²) in [6.45, 7) is 2.03. The first-order valence-corrected chi connectivity index (χ1v) is 12.7. The number of benzene rings is 4. The number of amides is 2. The van der Waals surface area contributed by atoms with E-state index in [1.165, 1.54) is 6.21 Å². The van der Waals surface area contributed by atoms with Crippen molar-refractivity contribution in [2.75, 3.05) is 11.9 Å². The van der Waals surface area contributed by atoms with Crippen LogP contribution in [-0.2, 0) is 11.4 Å². The van der Waals surface area contributed by atoms with Crippen molar-refractivity contribution >= 4 is 46.9 Å². The molecular formula is C30H25Cl2N3O4. The molecule has 0 unspecified atom stereocenters. The summed E-state index contributed by atoms with van der Waals surface area (Å²) in [5.74, 6) is 0.453. The molecule has 0 saturated carbocycles. The third-order valence-corrected chi connectivity index (χ3v) is 6.27. The first-order chi connectivity index (χ1) is 18.9. The number of hydrazone groups is 1. The lowest BCUT2D eigenvalue weighted by Gasteiger charge is -2.10. The Kier molecular flexibility index (Phi) is 9.56. The standard InChI is InChI=1S/C30H25Cl2N3O4/c1-20-27(32)3-2-4-28(20)34-30(37)23-9-15-26(16-10-23)39-19-29(36)35-33-17-21-7-13-25(14-8-21)38-18-22-5-11-24(31)12-6-22/h2-17H,18-19H2,1H3,(H,34,37)(H,35,36)/b33-17-. The van der Waals surface area contributed by atoms with Crippen molar-refractivity contribution < 1.29 is 19.1 Å². The molecule has 39 heavy (non-hydrogen) atoms. The number of hydrogen-bond donors (Lipinski definition) is 2. The number of anilines is 1. The molecule has 0 aliphatic carbocycles. The van der Waals surface area contributed by atoms with Gasteiger partial charge >= 0.3 is 0 Å². The van der Waals surface area contributed by atoms with E-state index >= 15 is 0 Å². The molecule has 2 N–H and O–H groups in total. The summed E-state index contributed by atoms with van der Waals surface area (Å²) in [5, 5.41) is 8.05. The van der Waals surface area contributed by atoms with Gasteiger partial charge in [0.05, 0.1) is 6.21 Å². The van der Waals surface area contributed by atoms with E-state index in [4.69, 9.17) is 32.7 Å². The van der Waals surface area contributed by atoms with Gasteiger partial charge in [0.1, 0.15) is 18.1 Å². The molecule has 0 heterocycles. The Bertz CT molecular complexity index is 1460. The van der Waals surface area contributed by atoms with Crippen LogP contribution in [0.4, 0.5) is 5.69 Å². The molecule has 9 heteroatoms. The molecule has 0 atom stereocenters. The van der Waals surface area contributed by atoms with Gasteiger partial charge in [-0.15, -0.1) is 0 Å². The largest absolute Gasteiger partial charge is 0.489 e. The lowest BCUT2D eigenvalue weighted by molar-refractivity contribution is -0.123. The zero-order valence-corrected chi connectivity index (χ0v) is 22.5. The van der Waals surface area contributed by atoms with Crippen LogP contribution in [0.25, 0.3) is 0 Å². The van der Waals surface area contributed by atoms with E-state index < -0.39 is 5.91 Å². The molecule has 0 aliphatic heterocycles. The molecule has 0 aliphatic rings. The van der Waals surface area contributed by atoms with Gasteiger partial charge in [0, 0.05) is 21.3 Å². The van der Waals surface area contributed by atoms with Crippen molar-refractivity contribution in [1.29, 1.82) is 0 Å². The second-order valence-corrected chi connectivity index (χ2v) is 9.30. The van der Waals surface area contributed by atoms with Gasteiger partial charge < -0.3 is 14.8 Å². The van der Waals surface area contributed by atoms with Crippen LogP contribution in [0.5, 0.6) is 11.5 Å². The normalized spacial score (nSPS) is 10.7. The Morgan fingerprint density at radius 1 is 0.846 bits per heavy atom. The molecule has 0 saturated heterocycles. The predicted molar refractivity (Wildman–Crippen MR) is 154 cm³/mol. The summed E-state index contributed by atoms with van der Waals surface area (Å²) >= 11 is 12.0. The minimum atomic E-state index is -0.424. The predicted octanol–water partition coefficient (Wildman–Crippen LogP) is 6.66. The molecule has 198 valence electrons. The lowest BCUT2D eigenvalue weighted by Crippen LogP contribution is -2.24. The number of halogens is 2. The van der Waals surface area contributed by atoms with Crippen LogP contribution in [0.3, 0.4) is 0 Å². The number of carbonyl (C=O) groups is 2. The molecular weight excluding hydrogens is 537 g/mol. The van der Waals surface area contributed by atoms with Crippen LogP contribution in [0.15, 0.2) is 96.1 Å². The van der Waals surface area contributed by atoms with Crippen molar-refractivity contribution in [2.24, 2.45) is 5.10 Å². The van der Waals surface area contributed by atoms with E-state index in [2.05, 4.69) is 15.8 Å². The Balaban J connectivity index is 1.19. The second kappa shape index (κ2) is 13.5. The topological polar surface area (TPSA) is 89.0 Å². The van der Waals surface area contributed by atoms with Gasteiger partial charge in [-0.1, -0.05) is 41.4 Å². The van der Waals surface area contributed by atoms with Gasteiger partial charge in [-0.25, -0.2) is 5.43 Å². The average molecular weight is 562 g/mol. The maximum atomic E-state index is 12.5. The van der Waals surface area contributed by atoms with E-state index in [1.807, 2.05) is 55.5 Å². The van der Waals surface area contributed by atoms with Crippen LogP contribution in [0.1, 0.15) is 27.0 Å². The minimum Gasteiger partial charge on any atom is -0.489 e. The summed E-state index contributed by atoms with van der Waals surface area (Å²) < 4.78 is 11.2. The van der Waals surface area contributed by atoms with E-state index in [0.717, 1.165) is 16.7 Å². The molecule has 7 nitrogen and oxygen atoms in total. The summed E-state index contributed by atoms with van der Waals surface area (Å²) in [4.78, 5) is 24.6. The van der Waals surface area contributed by atoms with E-state index in [1.54, 1.807) is 42.5 Å². The summed E-state index contributed by atoms with van der Waals surface area (Å²) in [7, 11) is 0. The van der Waals surface area contributed by atoms with E-state index in [-0.39, 0.29) is 12.5 Å². The van der Waals surface area contributed by atoms with Crippen LogP contribution in [-0.4, -0.2) is 24.6 Å². The number of nitrogens with one attached hydrogen (secondary N) is 2. The van der Waals surface area contributed by atoms with Gasteiger partial charge in [-0.3, -0.25) is 9.59 Å². The Morgan fingerprint density at radius 2 is 1.51 bits per heavy atom. The van der Waals surface area contributed by atoms with Crippen LogP contribution >= 0.6 is 23.2 Å². The minimum absolute atomic E-state index is 0.234. The molecule has 0 aromatic heterocycles. The third kappa shape index (κ3) is 8.33. The van der Waals surface area contributed by atoms with Gasteiger partial charge in [-0.05, 0) is 96.4 Å². The second-order valence-electron chi connectivity index (χ2n) is 8.46. The zero-order valence-electron chi connectivity index (χ0n) is 21.0. The van der Waals surface area contributed by atoms with Crippen molar-refractivity contribution in [3.63, 3.8) is 0 Å². The molecule has 2 amide bonds. The van der Waals surface area contributed by atoms with Crippen molar-refractivity contribution in [1.82, 2.24) is 5.43 Å². The van der Waals surface area contributed by atoms with Crippen LogP contribution in [0.2, 0.25) is 10.0 Å². The van der Waals surface area contributed by atoms with Gasteiger partial charge in [-0.2, -0.15) is 5.10 Å². The van der Waals surface area contributed by atoms with Gasteiger partial charge in [0.2, 0.25) is 0 Å². The number of ether oxygens (including phenoxy) is 2. The summed E-state index contributed by atoms with van der Waals surface area (Å²) in [6.07, 6.45) is 1.52. The van der Waals surface area contributed by atoms with Crippen molar-refractivity contribution in [2.45, 2.75) is 13.5 Å². The SMILES string of the molecule is Cc1c(Cl)cccc1NC(=O)c1ccc(OCC(=O)N/N=C\c2ccc(OCc3ccc(Cl)cc3)cc2)cc1. The van der Waals surface area contributed by atoms with Crippen LogP contribution < -0.4 is 20.2 Å². The molecule has 0 bridgehead atoms. The lowest BCUT2D eigenvalue weighted by atomic mass is 10.1. The number of nitrogens with zero attached hydrogens (tertiary/aromatic N) is 1. The molecule has 4 aromatic carbocycles. The Hall–Kier alpha value is -4.33. The van der Waals surface area contributed by atoms with Crippen molar-refractivity contribution in [3.8, 4) is 11.5 Å². The number of rotatable bonds is 10. The average Bonchev–Trinajstić information content (AvgIpc) is 2.95. The molecule has 4 rings (SSSR count). The monoisotopic (exact) mass is 561 g/mol. The highest BCUT2D eigenvalue weighted by atomic mass is 35.5. The fourth-order valence-corrected chi connectivity index (χ4v) is 3.70. The van der Waals surface area contributed by atoms with E-state index in [9.17, 15) is 9.59 Å². The maximum absolute atomic E-state index is 12.5. The first-order valence-electron chi connectivity index (χ1n) is 12.0. The van der Waals surface area contributed by atoms with Crippen molar-refractivity contribution in [3.05, 3.63) is 123 Å². The first kappa shape index (κ1) is 27.7. The summed E-state index contributed by atoms with van der Waals surface area (Å²) in [6, 6.07) is 26.5. The highest BCUT2D eigenvalue weighted by Crippen LogP contribution is 2.24. The van der Waals surface area contributed by atoms with Crippen LogP contribution in [0, 0.1) is 6.92 Å². The smallest absolute Gasteiger partial charge is 0.277 e. The quantitative estimate of drug-likeness (QED) is 0.167. The third-order valence-electron chi connectivity index (χ3n) is 5.60. The molecule has 0 spiro atoms. The fraction of sp³-hybridized carbons (Fsp3) is 0.100. The van der Waals surface area contributed by atoms with E-state index in [0.29, 0.717) is 39.4 Å². The summed E-state index contributed by atoms with van der Waals surface area (Å²) in [5.41, 5.74) is 6.10. The van der Waals surface area contributed by atoms with Gasteiger partial charge in [0.25, 0.3) is 11.8 Å². The highest BCUT2D eigenvalue weighted by molar-refractivity contribution is 6.32. The fourth-order valence-electron chi connectivity index (χ4n) is 3.40. The Labute approximate surface area is 236 Å². The van der Waals surface area contributed by atoms with Gasteiger partial charge in [0.15, 0.2) is 6.61 Å².